The summed E-state index contributed by atoms with van der Waals surface area (Å²) < 4.78 is 0. The summed E-state index contributed by atoms with van der Waals surface area (Å²) in [6, 6.07) is 4.78. The van der Waals surface area contributed by atoms with E-state index in [2.05, 4.69) is 27.7 Å². The van der Waals surface area contributed by atoms with E-state index in [1.165, 1.54) is 0 Å². The van der Waals surface area contributed by atoms with Crippen LogP contribution < -0.4 is 15.5 Å². The molecule has 2 heterocycles. The SMILES string of the molecule is CNC1CC=CCC1N(C)c1ccc2c(c1)C(=O)N(C1CCC(=O)NC1=O)C2=O. The molecule has 152 valence electrons. The topological polar surface area (TPSA) is 98.8 Å². The maximum absolute atomic E-state index is 13.0. The molecule has 0 spiro atoms. The van der Waals surface area contributed by atoms with Crippen LogP contribution in [0.4, 0.5) is 5.69 Å². The molecular weight excluding hydrogens is 372 g/mol. The Morgan fingerprint density at radius 3 is 2.52 bits per heavy atom. The highest BCUT2D eigenvalue weighted by Gasteiger charge is 2.44. The van der Waals surface area contributed by atoms with Gasteiger partial charge in [-0.15, -0.1) is 0 Å². The van der Waals surface area contributed by atoms with Crippen molar-refractivity contribution in [2.45, 2.75) is 43.8 Å². The molecule has 8 nitrogen and oxygen atoms in total. The highest BCUT2D eigenvalue weighted by Crippen LogP contribution is 2.32. The lowest BCUT2D eigenvalue weighted by Gasteiger charge is -2.37. The van der Waals surface area contributed by atoms with Crippen LogP contribution in [0.3, 0.4) is 0 Å². The molecule has 4 rings (SSSR count). The summed E-state index contributed by atoms with van der Waals surface area (Å²) in [7, 11) is 3.92. The largest absolute Gasteiger partial charge is 0.370 e. The Morgan fingerprint density at radius 1 is 1.07 bits per heavy atom. The molecule has 0 aromatic heterocycles. The van der Waals surface area contributed by atoms with Gasteiger partial charge >= 0.3 is 0 Å². The quantitative estimate of drug-likeness (QED) is 0.578. The molecule has 3 atom stereocenters. The minimum absolute atomic E-state index is 0.110. The van der Waals surface area contributed by atoms with E-state index in [0.717, 1.165) is 23.4 Å². The van der Waals surface area contributed by atoms with E-state index in [4.69, 9.17) is 0 Å². The van der Waals surface area contributed by atoms with Gasteiger partial charge in [-0.3, -0.25) is 29.4 Å². The number of carbonyl (C=O) groups is 4. The summed E-state index contributed by atoms with van der Waals surface area (Å²) in [5, 5.41) is 5.55. The Morgan fingerprint density at radius 2 is 1.79 bits per heavy atom. The first-order chi connectivity index (χ1) is 13.9. The first-order valence-electron chi connectivity index (χ1n) is 9.83. The minimum atomic E-state index is -0.946. The molecule has 2 aliphatic heterocycles. The van der Waals surface area contributed by atoms with Crippen molar-refractivity contribution in [2.75, 3.05) is 19.0 Å². The number of anilines is 1. The number of rotatable bonds is 4. The van der Waals surface area contributed by atoms with E-state index in [9.17, 15) is 19.2 Å². The molecule has 29 heavy (non-hydrogen) atoms. The highest BCUT2D eigenvalue weighted by molar-refractivity contribution is 6.23. The number of amides is 4. The average molecular weight is 396 g/mol. The van der Waals surface area contributed by atoms with Crippen molar-refractivity contribution >= 4 is 29.3 Å². The maximum atomic E-state index is 13.0. The van der Waals surface area contributed by atoms with Crippen molar-refractivity contribution in [3.63, 3.8) is 0 Å². The van der Waals surface area contributed by atoms with Gasteiger partial charge in [0, 0.05) is 31.2 Å². The number of carbonyl (C=O) groups excluding carboxylic acids is 4. The molecule has 8 heteroatoms. The summed E-state index contributed by atoms with van der Waals surface area (Å²) in [6.07, 6.45) is 6.39. The molecule has 3 unspecified atom stereocenters. The van der Waals surface area contributed by atoms with E-state index in [0.29, 0.717) is 11.1 Å². The Bertz CT molecular complexity index is 925. The van der Waals surface area contributed by atoms with Gasteiger partial charge in [-0.05, 0) is 44.5 Å². The predicted molar refractivity (Wildman–Crippen MR) is 107 cm³/mol. The zero-order valence-electron chi connectivity index (χ0n) is 16.5. The Hall–Kier alpha value is -3.00. The molecule has 1 aromatic carbocycles. The molecule has 0 bridgehead atoms. The molecule has 4 amide bonds. The number of imide groups is 2. The van der Waals surface area contributed by atoms with Crippen LogP contribution in [0, 0.1) is 0 Å². The number of hydrogen-bond acceptors (Lipinski definition) is 6. The number of nitrogens with zero attached hydrogens (tertiary/aromatic N) is 2. The average Bonchev–Trinajstić information content (AvgIpc) is 2.97. The van der Waals surface area contributed by atoms with E-state index in [1.54, 1.807) is 12.1 Å². The summed E-state index contributed by atoms with van der Waals surface area (Å²) in [5.41, 5.74) is 1.44. The first-order valence-corrected chi connectivity index (χ1v) is 9.83. The zero-order valence-corrected chi connectivity index (χ0v) is 16.5. The van der Waals surface area contributed by atoms with E-state index in [-0.39, 0.29) is 30.8 Å². The van der Waals surface area contributed by atoms with Crippen molar-refractivity contribution < 1.29 is 19.2 Å². The third-order valence-corrected chi connectivity index (χ3v) is 6.10. The number of benzene rings is 1. The monoisotopic (exact) mass is 396 g/mol. The molecule has 1 fully saturated rings. The highest BCUT2D eigenvalue weighted by atomic mass is 16.2. The standard InChI is InChI=1S/C21H24N4O4/c1-22-15-5-3-4-6-16(15)24(2)12-7-8-13-14(11-12)21(29)25(20(13)28)17-9-10-18(26)23-19(17)27/h3-4,7-8,11,15-17,22H,5-6,9-10H2,1-2H3,(H,23,26,27). The van der Waals surface area contributed by atoms with Crippen molar-refractivity contribution in [1.29, 1.82) is 0 Å². The van der Waals surface area contributed by atoms with Crippen LogP contribution in [0.15, 0.2) is 30.4 Å². The fourth-order valence-electron chi connectivity index (χ4n) is 4.41. The number of nitrogens with one attached hydrogen (secondary N) is 2. The molecular formula is C21H24N4O4. The second-order valence-electron chi connectivity index (χ2n) is 7.69. The summed E-state index contributed by atoms with van der Waals surface area (Å²) in [4.78, 5) is 52.5. The van der Waals surface area contributed by atoms with Crippen LogP contribution in [-0.2, 0) is 9.59 Å². The lowest BCUT2D eigenvalue weighted by Crippen LogP contribution is -2.54. The van der Waals surface area contributed by atoms with Gasteiger partial charge in [-0.25, -0.2) is 0 Å². The van der Waals surface area contributed by atoms with Crippen molar-refractivity contribution in [3.05, 3.63) is 41.5 Å². The molecule has 1 aromatic rings. The van der Waals surface area contributed by atoms with Gasteiger partial charge in [-0.2, -0.15) is 0 Å². The van der Waals surface area contributed by atoms with Crippen LogP contribution in [0.2, 0.25) is 0 Å². The van der Waals surface area contributed by atoms with Gasteiger partial charge in [0.25, 0.3) is 11.8 Å². The first kappa shape index (κ1) is 19.3. The second kappa shape index (κ2) is 7.44. The minimum Gasteiger partial charge on any atom is -0.370 e. The fraction of sp³-hybridized carbons (Fsp3) is 0.429. The predicted octanol–water partition coefficient (Wildman–Crippen LogP) is 0.831. The van der Waals surface area contributed by atoms with Gasteiger partial charge < -0.3 is 10.2 Å². The van der Waals surface area contributed by atoms with E-state index >= 15 is 0 Å². The third kappa shape index (κ3) is 3.23. The van der Waals surface area contributed by atoms with Gasteiger partial charge in [0.1, 0.15) is 6.04 Å². The van der Waals surface area contributed by atoms with Gasteiger partial charge in [0.05, 0.1) is 11.1 Å². The van der Waals surface area contributed by atoms with E-state index in [1.807, 2.05) is 20.2 Å². The summed E-state index contributed by atoms with van der Waals surface area (Å²) >= 11 is 0. The fourth-order valence-corrected chi connectivity index (χ4v) is 4.41. The number of piperidine rings is 1. The smallest absolute Gasteiger partial charge is 0.262 e. The zero-order chi connectivity index (χ0) is 20.7. The lowest BCUT2D eigenvalue weighted by molar-refractivity contribution is -0.136. The van der Waals surface area contributed by atoms with Crippen molar-refractivity contribution in [3.8, 4) is 0 Å². The normalized spacial score (nSPS) is 26.6. The van der Waals surface area contributed by atoms with Crippen molar-refractivity contribution in [2.24, 2.45) is 0 Å². The van der Waals surface area contributed by atoms with Crippen LogP contribution in [0.25, 0.3) is 0 Å². The Kier molecular flexibility index (Phi) is 4.96. The Balaban J connectivity index is 1.61. The number of fused-ring (bicyclic) bond motifs is 1. The molecule has 1 saturated heterocycles. The van der Waals surface area contributed by atoms with Gasteiger partial charge in [-0.1, -0.05) is 12.2 Å². The molecule has 0 radical (unpaired) electrons. The summed E-state index contributed by atoms with van der Waals surface area (Å²) in [5.74, 6) is -1.95. The number of likely N-dealkylation sites (N-methyl/N-ethyl adjacent to an activating group) is 2. The van der Waals surface area contributed by atoms with Crippen LogP contribution in [0.5, 0.6) is 0 Å². The number of hydrogen-bond donors (Lipinski definition) is 2. The molecule has 1 aliphatic carbocycles. The van der Waals surface area contributed by atoms with Crippen molar-refractivity contribution in [1.82, 2.24) is 15.5 Å². The van der Waals surface area contributed by atoms with Crippen LogP contribution >= 0.6 is 0 Å². The lowest BCUT2D eigenvalue weighted by atomic mass is 9.94. The Labute approximate surface area is 168 Å². The summed E-state index contributed by atoms with van der Waals surface area (Å²) in [6.45, 7) is 0. The molecule has 3 aliphatic rings. The maximum Gasteiger partial charge on any atom is 0.262 e. The van der Waals surface area contributed by atoms with Gasteiger partial charge in [0.2, 0.25) is 11.8 Å². The molecule has 2 N–H and O–H groups in total. The third-order valence-electron chi connectivity index (χ3n) is 6.10. The van der Waals surface area contributed by atoms with Crippen LogP contribution in [-0.4, -0.2) is 60.7 Å². The van der Waals surface area contributed by atoms with E-state index < -0.39 is 23.8 Å². The molecule has 0 saturated carbocycles. The second-order valence-corrected chi connectivity index (χ2v) is 7.69. The van der Waals surface area contributed by atoms with Crippen LogP contribution in [0.1, 0.15) is 46.4 Å². The van der Waals surface area contributed by atoms with Gasteiger partial charge in [0.15, 0.2) is 0 Å².